The lowest BCUT2D eigenvalue weighted by Gasteiger charge is -2.01. The smallest absolute Gasteiger partial charge is 0.115 e. The molecule has 1 aliphatic rings. The molecule has 0 atom stereocenters. The molecule has 0 amide bonds. The molecule has 1 aromatic heterocycles. The first kappa shape index (κ1) is 22.9. The van der Waals surface area contributed by atoms with Gasteiger partial charge in [-0.2, -0.15) is 0 Å². The zero-order valence-corrected chi connectivity index (χ0v) is 15.5. The highest BCUT2D eigenvalue weighted by molar-refractivity contribution is 4.96. The number of hydrogen-bond donors (Lipinski definition) is 1. The van der Waals surface area contributed by atoms with Crippen molar-refractivity contribution in [2.45, 2.75) is 53.4 Å². The summed E-state index contributed by atoms with van der Waals surface area (Å²) in [6.07, 6.45) is 8.16. The highest BCUT2D eigenvalue weighted by Crippen LogP contribution is 2.02. The van der Waals surface area contributed by atoms with E-state index in [-0.39, 0.29) is 0 Å². The van der Waals surface area contributed by atoms with Crippen LogP contribution in [0.5, 0.6) is 0 Å². The molecule has 0 saturated carbocycles. The van der Waals surface area contributed by atoms with Crippen molar-refractivity contribution in [3.8, 4) is 0 Å². The van der Waals surface area contributed by atoms with Crippen molar-refractivity contribution in [3.05, 3.63) is 36.6 Å². The predicted octanol–water partition coefficient (Wildman–Crippen LogP) is 3.91. The van der Waals surface area contributed by atoms with Gasteiger partial charge < -0.3 is 10.2 Å². The molecule has 1 N–H and O–H groups in total. The maximum atomic E-state index is 3.99. The lowest BCUT2D eigenvalue weighted by Crippen LogP contribution is -2.10. The molecule has 0 spiro atoms. The Kier molecular flexibility index (Phi) is 18.3. The van der Waals surface area contributed by atoms with E-state index in [2.05, 4.69) is 47.7 Å². The number of aromatic nitrogens is 2. The van der Waals surface area contributed by atoms with E-state index < -0.39 is 0 Å². The third-order valence-electron chi connectivity index (χ3n) is 3.12. The Balaban J connectivity index is 0. The summed E-state index contributed by atoms with van der Waals surface area (Å²) in [5.41, 5.74) is 2.19. The van der Waals surface area contributed by atoms with Gasteiger partial charge in [-0.3, -0.25) is 0 Å². The topological polar surface area (TPSA) is 41.1 Å². The Morgan fingerprint density at radius 3 is 2.05 bits per heavy atom. The van der Waals surface area contributed by atoms with E-state index >= 15 is 0 Å². The molecule has 4 nitrogen and oxygen atoms in total. The zero-order valence-electron chi connectivity index (χ0n) is 15.5. The Labute approximate surface area is 138 Å². The van der Waals surface area contributed by atoms with Crippen LogP contribution in [0.25, 0.3) is 0 Å². The van der Waals surface area contributed by atoms with Crippen LogP contribution in [0.3, 0.4) is 0 Å². The van der Waals surface area contributed by atoms with Gasteiger partial charge in [-0.1, -0.05) is 34.3 Å². The third-order valence-corrected chi connectivity index (χ3v) is 3.12. The van der Waals surface area contributed by atoms with E-state index in [1.807, 2.05) is 27.0 Å². The van der Waals surface area contributed by atoms with E-state index in [9.17, 15) is 0 Å². The van der Waals surface area contributed by atoms with Gasteiger partial charge in [0, 0.05) is 24.6 Å². The number of rotatable bonds is 3. The molecular formula is C18H36N4. The molecule has 0 radical (unpaired) electrons. The average Bonchev–Trinajstić information content (AvgIpc) is 3.08. The van der Waals surface area contributed by atoms with Crippen LogP contribution in [0, 0.1) is 0 Å². The fraction of sp³-hybridized carbons (Fsp3) is 0.667. The summed E-state index contributed by atoms with van der Waals surface area (Å²) >= 11 is 0. The highest BCUT2D eigenvalue weighted by atomic mass is 15.1. The monoisotopic (exact) mass is 308 g/mol. The van der Waals surface area contributed by atoms with Gasteiger partial charge in [-0.25, -0.2) is 9.97 Å². The van der Waals surface area contributed by atoms with Crippen molar-refractivity contribution < 1.29 is 0 Å². The Morgan fingerprint density at radius 1 is 1.27 bits per heavy atom. The van der Waals surface area contributed by atoms with Crippen LogP contribution in [-0.2, 0) is 6.42 Å². The standard InChI is InChI=1S/C6H8N2.2C5H11N.C2H6/c1-2-6-3-4-7-5-8-6;1-6-4-2-3-5-6;1-4-5(2)6-3;1-2/h3-5H,2H2,1H3;2-5H2,1H3;6H,2,4H2,1,3H3;1-2H3. The fourth-order valence-electron chi connectivity index (χ4n) is 1.58. The molecule has 22 heavy (non-hydrogen) atoms. The lowest BCUT2D eigenvalue weighted by atomic mass is 10.3. The van der Waals surface area contributed by atoms with E-state index in [0.717, 1.165) is 24.2 Å². The summed E-state index contributed by atoms with van der Waals surface area (Å²) in [5.74, 6) is 0. The Morgan fingerprint density at radius 2 is 1.86 bits per heavy atom. The maximum Gasteiger partial charge on any atom is 0.115 e. The maximum absolute atomic E-state index is 3.99. The highest BCUT2D eigenvalue weighted by Gasteiger charge is 2.03. The molecule has 128 valence electrons. The molecule has 0 unspecified atom stereocenters. The molecule has 2 heterocycles. The molecule has 1 saturated heterocycles. The van der Waals surface area contributed by atoms with Crippen LogP contribution in [0.2, 0.25) is 0 Å². The quantitative estimate of drug-likeness (QED) is 0.919. The number of likely N-dealkylation sites (tertiary alicyclic amines) is 1. The normalized spacial score (nSPS) is 12.6. The van der Waals surface area contributed by atoms with E-state index in [1.165, 1.54) is 25.9 Å². The minimum Gasteiger partial charge on any atom is -0.392 e. The number of nitrogens with one attached hydrogen (secondary N) is 1. The Hall–Kier alpha value is -1.42. The number of hydrogen-bond acceptors (Lipinski definition) is 4. The van der Waals surface area contributed by atoms with Crippen molar-refractivity contribution in [1.29, 1.82) is 0 Å². The SMILES string of the molecule is C=C(CC)NC.CC.CCc1ccncn1.CN1CCCC1. The largest absolute Gasteiger partial charge is 0.392 e. The van der Waals surface area contributed by atoms with Gasteiger partial charge in [0.25, 0.3) is 0 Å². The number of allylic oxidation sites excluding steroid dienone is 1. The van der Waals surface area contributed by atoms with Crippen molar-refractivity contribution in [2.24, 2.45) is 0 Å². The first-order chi connectivity index (χ1) is 10.6. The third kappa shape index (κ3) is 15.0. The van der Waals surface area contributed by atoms with Gasteiger partial charge in [-0.15, -0.1) is 0 Å². The molecule has 2 rings (SSSR count). The van der Waals surface area contributed by atoms with Crippen LogP contribution < -0.4 is 5.32 Å². The van der Waals surface area contributed by atoms with Gasteiger partial charge in [0.05, 0.1) is 0 Å². The van der Waals surface area contributed by atoms with Crippen LogP contribution >= 0.6 is 0 Å². The summed E-state index contributed by atoms with van der Waals surface area (Å²) in [4.78, 5) is 10.1. The first-order valence-electron chi connectivity index (χ1n) is 8.42. The summed E-state index contributed by atoms with van der Waals surface area (Å²) in [5, 5.41) is 2.92. The van der Waals surface area contributed by atoms with Gasteiger partial charge in [-0.05, 0) is 51.9 Å². The van der Waals surface area contributed by atoms with Crippen LogP contribution in [0.4, 0.5) is 0 Å². The van der Waals surface area contributed by atoms with Gasteiger partial charge in [0.1, 0.15) is 6.33 Å². The molecule has 4 heteroatoms. The molecule has 1 fully saturated rings. The number of aryl methyl sites for hydroxylation is 1. The van der Waals surface area contributed by atoms with Gasteiger partial charge in [0.2, 0.25) is 0 Å². The zero-order chi connectivity index (χ0) is 17.2. The van der Waals surface area contributed by atoms with Gasteiger partial charge in [0.15, 0.2) is 0 Å². The second-order valence-corrected chi connectivity index (χ2v) is 4.77. The Bertz CT molecular complexity index is 326. The summed E-state index contributed by atoms with van der Waals surface area (Å²) in [7, 11) is 4.05. The minimum atomic E-state index is 0.989. The van der Waals surface area contributed by atoms with Crippen molar-refractivity contribution in [3.63, 3.8) is 0 Å². The second kappa shape index (κ2) is 17.6. The van der Waals surface area contributed by atoms with Crippen molar-refractivity contribution in [1.82, 2.24) is 20.2 Å². The van der Waals surface area contributed by atoms with Crippen LogP contribution in [0.15, 0.2) is 30.9 Å². The van der Waals surface area contributed by atoms with Crippen molar-refractivity contribution >= 4 is 0 Å². The molecule has 1 aromatic rings. The van der Waals surface area contributed by atoms with Crippen molar-refractivity contribution in [2.75, 3.05) is 27.2 Å². The molecule has 0 aliphatic carbocycles. The molecule has 0 bridgehead atoms. The average molecular weight is 309 g/mol. The molecule has 1 aliphatic heterocycles. The number of nitrogens with zero attached hydrogens (tertiary/aromatic N) is 3. The predicted molar refractivity (Wildman–Crippen MR) is 98.0 cm³/mol. The second-order valence-electron chi connectivity index (χ2n) is 4.77. The van der Waals surface area contributed by atoms with Crippen LogP contribution in [0.1, 0.15) is 52.7 Å². The minimum absolute atomic E-state index is 0.989. The molecule has 0 aromatic carbocycles. The fourth-order valence-corrected chi connectivity index (χ4v) is 1.58. The summed E-state index contributed by atoms with van der Waals surface area (Å²) in [6, 6.07) is 1.92. The van der Waals surface area contributed by atoms with Gasteiger partial charge >= 0.3 is 0 Å². The van der Waals surface area contributed by atoms with Crippen LogP contribution in [-0.4, -0.2) is 42.1 Å². The summed E-state index contributed by atoms with van der Waals surface area (Å²) < 4.78 is 0. The van der Waals surface area contributed by atoms with E-state index in [1.54, 1.807) is 12.5 Å². The first-order valence-corrected chi connectivity index (χ1v) is 8.42. The lowest BCUT2D eigenvalue weighted by molar-refractivity contribution is 0.418. The van der Waals surface area contributed by atoms with E-state index in [0.29, 0.717) is 0 Å². The summed E-state index contributed by atoms with van der Waals surface area (Å²) in [6.45, 7) is 14.5. The molecular weight excluding hydrogens is 272 g/mol. The van der Waals surface area contributed by atoms with E-state index in [4.69, 9.17) is 0 Å².